The SMILES string of the molecule is CCN(CC(=O)OC)c1cc(NC(C)=O)ccc1Cl. The van der Waals surface area contributed by atoms with E-state index in [0.29, 0.717) is 22.9 Å². The number of methoxy groups -OCH3 is 1. The summed E-state index contributed by atoms with van der Waals surface area (Å²) < 4.78 is 4.65. The van der Waals surface area contributed by atoms with Crippen molar-refractivity contribution in [3.05, 3.63) is 23.2 Å². The van der Waals surface area contributed by atoms with Gasteiger partial charge in [-0.3, -0.25) is 9.59 Å². The second-order valence-corrected chi connectivity index (χ2v) is 4.34. The van der Waals surface area contributed by atoms with Crippen molar-refractivity contribution in [2.24, 2.45) is 0 Å². The number of carbonyl (C=O) groups excluding carboxylic acids is 2. The van der Waals surface area contributed by atoms with E-state index in [4.69, 9.17) is 11.6 Å². The molecule has 5 nitrogen and oxygen atoms in total. The lowest BCUT2D eigenvalue weighted by atomic mass is 10.2. The highest BCUT2D eigenvalue weighted by Gasteiger charge is 2.14. The van der Waals surface area contributed by atoms with Crippen LogP contribution >= 0.6 is 11.6 Å². The van der Waals surface area contributed by atoms with E-state index in [0.717, 1.165) is 0 Å². The Labute approximate surface area is 117 Å². The fourth-order valence-electron chi connectivity index (χ4n) is 1.62. The van der Waals surface area contributed by atoms with Crippen LogP contribution in [0.5, 0.6) is 0 Å². The average Bonchev–Trinajstić information content (AvgIpc) is 2.37. The Morgan fingerprint density at radius 1 is 1.42 bits per heavy atom. The number of rotatable bonds is 5. The first-order valence-electron chi connectivity index (χ1n) is 5.86. The van der Waals surface area contributed by atoms with Crippen LogP contribution in [0.3, 0.4) is 0 Å². The van der Waals surface area contributed by atoms with Gasteiger partial charge in [0.25, 0.3) is 0 Å². The first kappa shape index (κ1) is 15.3. The van der Waals surface area contributed by atoms with Gasteiger partial charge in [0, 0.05) is 19.2 Å². The van der Waals surface area contributed by atoms with E-state index in [1.165, 1.54) is 14.0 Å². The molecule has 0 heterocycles. The highest BCUT2D eigenvalue weighted by Crippen LogP contribution is 2.29. The monoisotopic (exact) mass is 284 g/mol. The number of ether oxygens (including phenoxy) is 1. The van der Waals surface area contributed by atoms with E-state index in [9.17, 15) is 9.59 Å². The normalized spacial score (nSPS) is 9.89. The molecule has 0 aromatic heterocycles. The summed E-state index contributed by atoms with van der Waals surface area (Å²) in [4.78, 5) is 24.2. The van der Waals surface area contributed by atoms with Crippen molar-refractivity contribution in [3.8, 4) is 0 Å². The predicted molar refractivity (Wildman–Crippen MR) is 75.7 cm³/mol. The van der Waals surface area contributed by atoms with E-state index in [-0.39, 0.29) is 18.4 Å². The van der Waals surface area contributed by atoms with Crippen molar-refractivity contribution in [2.75, 3.05) is 30.4 Å². The minimum absolute atomic E-state index is 0.107. The maximum atomic E-state index is 11.4. The number of likely N-dealkylation sites (N-methyl/N-ethyl adjacent to an activating group) is 1. The fourth-order valence-corrected chi connectivity index (χ4v) is 1.86. The molecular weight excluding hydrogens is 268 g/mol. The van der Waals surface area contributed by atoms with Crippen LogP contribution in [0.25, 0.3) is 0 Å². The third-order valence-electron chi connectivity index (χ3n) is 2.54. The average molecular weight is 285 g/mol. The first-order valence-corrected chi connectivity index (χ1v) is 6.24. The number of hydrogen-bond donors (Lipinski definition) is 1. The molecule has 0 aliphatic carbocycles. The largest absolute Gasteiger partial charge is 0.468 e. The van der Waals surface area contributed by atoms with Crippen LogP contribution in [0.2, 0.25) is 5.02 Å². The van der Waals surface area contributed by atoms with E-state index in [2.05, 4.69) is 10.1 Å². The number of hydrogen-bond acceptors (Lipinski definition) is 4. The minimum atomic E-state index is -0.345. The molecule has 1 aromatic rings. The number of carbonyl (C=O) groups is 2. The van der Waals surface area contributed by atoms with Crippen LogP contribution in [0.15, 0.2) is 18.2 Å². The summed E-state index contributed by atoms with van der Waals surface area (Å²) in [7, 11) is 1.34. The number of benzene rings is 1. The van der Waals surface area contributed by atoms with Gasteiger partial charge in [0.1, 0.15) is 6.54 Å². The zero-order chi connectivity index (χ0) is 14.4. The number of amides is 1. The molecule has 1 rings (SSSR count). The van der Waals surface area contributed by atoms with E-state index in [1.54, 1.807) is 23.1 Å². The molecule has 1 aromatic carbocycles. The highest BCUT2D eigenvalue weighted by atomic mass is 35.5. The van der Waals surface area contributed by atoms with Crippen molar-refractivity contribution in [2.45, 2.75) is 13.8 Å². The lowest BCUT2D eigenvalue weighted by molar-refractivity contribution is -0.139. The predicted octanol–water partition coefficient (Wildman–Crippen LogP) is 2.30. The molecular formula is C13H17ClN2O3. The molecule has 0 saturated carbocycles. The summed E-state index contributed by atoms with van der Waals surface area (Å²) in [6.45, 7) is 4.04. The molecule has 0 spiro atoms. The number of esters is 1. The Kier molecular flexibility index (Phi) is 5.63. The molecule has 0 fully saturated rings. The van der Waals surface area contributed by atoms with Gasteiger partial charge in [-0.15, -0.1) is 0 Å². The Morgan fingerprint density at radius 3 is 2.63 bits per heavy atom. The van der Waals surface area contributed by atoms with Gasteiger partial charge in [-0.25, -0.2) is 0 Å². The smallest absolute Gasteiger partial charge is 0.325 e. The van der Waals surface area contributed by atoms with Crippen LogP contribution in [0, 0.1) is 0 Å². The molecule has 104 valence electrons. The van der Waals surface area contributed by atoms with Crippen LogP contribution in [0.1, 0.15) is 13.8 Å². The van der Waals surface area contributed by atoms with Gasteiger partial charge in [0.15, 0.2) is 0 Å². The van der Waals surface area contributed by atoms with Gasteiger partial charge in [-0.1, -0.05) is 11.6 Å². The molecule has 0 unspecified atom stereocenters. The van der Waals surface area contributed by atoms with Gasteiger partial charge in [0.05, 0.1) is 17.8 Å². The number of halogens is 1. The van der Waals surface area contributed by atoms with Crippen molar-refractivity contribution in [1.82, 2.24) is 0 Å². The van der Waals surface area contributed by atoms with Crippen molar-refractivity contribution < 1.29 is 14.3 Å². The van der Waals surface area contributed by atoms with E-state index < -0.39 is 0 Å². The molecule has 0 atom stereocenters. The summed E-state index contributed by atoms with van der Waals surface area (Å²) in [6.07, 6.45) is 0. The zero-order valence-corrected chi connectivity index (χ0v) is 12.0. The molecule has 0 saturated heterocycles. The number of anilines is 2. The van der Waals surface area contributed by atoms with Gasteiger partial charge in [-0.05, 0) is 25.1 Å². The molecule has 0 aliphatic rings. The number of nitrogens with one attached hydrogen (secondary N) is 1. The molecule has 1 N–H and O–H groups in total. The standard InChI is InChI=1S/C13H17ClN2O3/c1-4-16(8-13(18)19-3)12-7-10(15-9(2)17)5-6-11(12)14/h5-7H,4,8H2,1-3H3,(H,15,17). The fraction of sp³-hybridized carbons (Fsp3) is 0.385. The quantitative estimate of drug-likeness (QED) is 0.843. The second kappa shape index (κ2) is 6.99. The van der Waals surface area contributed by atoms with Crippen LogP contribution < -0.4 is 10.2 Å². The second-order valence-electron chi connectivity index (χ2n) is 3.94. The lowest BCUT2D eigenvalue weighted by Gasteiger charge is -2.23. The van der Waals surface area contributed by atoms with Gasteiger partial charge in [-0.2, -0.15) is 0 Å². The van der Waals surface area contributed by atoms with Crippen LogP contribution in [-0.2, 0) is 14.3 Å². The first-order chi connectivity index (χ1) is 8.97. The van der Waals surface area contributed by atoms with Gasteiger partial charge >= 0.3 is 5.97 Å². The summed E-state index contributed by atoms with van der Waals surface area (Å²) >= 11 is 6.13. The molecule has 19 heavy (non-hydrogen) atoms. The van der Waals surface area contributed by atoms with Crippen LogP contribution in [-0.4, -0.2) is 32.1 Å². The molecule has 6 heteroatoms. The maximum Gasteiger partial charge on any atom is 0.325 e. The summed E-state index contributed by atoms with van der Waals surface area (Å²) in [6, 6.07) is 5.12. The Bertz CT molecular complexity index is 477. The molecule has 1 amide bonds. The number of nitrogens with zero attached hydrogens (tertiary/aromatic N) is 1. The van der Waals surface area contributed by atoms with Crippen molar-refractivity contribution in [3.63, 3.8) is 0 Å². The topological polar surface area (TPSA) is 58.6 Å². The maximum absolute atomic E-state index is 11.4. The Morgan fingerprint density at radius 2 is 2.11 bits per heavy atom. The lowest BCUT2D eigenvalue weighted by Crippen LogP contribution is -2.30. The Balaban J connectivity index is 3.01. The summed E-state index contributed by atoms with van der Waals surface area (Å²) in [5.74, 6) is -0.507. The van der Waals surface area contributed by atoms with Crippen LogP contribution in [0.4, 0.5) is 11.4 Å². The van der Waals surface area contributed by atoms with Gasteiger partial charge < -0.3 is 15.0 Å². The molecule has 0 bridgehead atoms. The third-order valence-corrected chi connectivity index (χ3v) is 2.86. The minimum Gasteiger partial charge on any atom is -0.468 e. The van der Waals surface area contributed by atoms with E-state index >= 15 is 0 Å². The summed E-state index contributed by atoms with van der Waals surface area (Å²) in [5, 5.41) is 3.19. The van der Waals surface area contributed by atoms with Gasteiger partial charge in [0.2, 0.25) is 5.91 Å². The molecule has 0 aliphatic heterocycles. The van der Waals surface area contributed by atoms with Crippen molar-refractivity contribution in [1.29, 1.82) is 0 Å². The van der Waals surface area contributed by atoms with Crippen molar-refractivity contribution >= 4 is 34.9 Å². The van der Waals surface area contributed by atoms with E-state index in [1.807, 2.05) is 6.92 Å². The third kappa shape index (κ3) is 4.44. The zero-order valence-electron chi connectivity index (χ0n) is 11.2. The highest BCUT2D eigenvalue weighted by molar-refractivity contribution is 6.33. The summed E-state index contributed by atoms with van der Waals surface area (Å²) in [5.41, 5.74) is 1.32. The molecule has 0 radical (unpaired) electrons. The Hall–Kier alpha value is -1.75.